The molecule has 202 valence electrons. The van der Waals surface area contributed by atoms with Crippen LogP contribution in [0.25, 0.3) is 0 Å². The number of Topliss-reactive ketones (excluding diaryl/α,β-unsaturated/α-hetero) is 1. The lowest BCUT2D eigenvalue weighted by atomic mass is 9.56. The van der Waals surface area contributed by atoms with Crippen LogP contribution < -0.4 is 4.74 Å². The van der Waals surface area contributed by atoms with Gasteiger partial charge in [-0.25, -0.2) is 0 Å². The third kappa shape index (κ3) is 5.06. The van der Waals surface area contributed by atoms with Crippen molar-refractivity contribution in [3.05, 3.63) is 138 Å². The van der Waals surface area contributed by atoms with Crippen molar-refractivity contribution in [3.8, 4) is 5.75 Å². The number of hydrogen-bond acceptors (Lipinski definition) is 3. The molecule has 0 spiro atoms. The summed E-state index contributed by atoms with van der Waals surface area (Å²) < 4.78 is 5.44. The average molecular weight is 529 g/mol. The van der Waals surface area contributed by atoms with Gasteiger partial charge in [-0.3, -0.25) is 9.79 Å². The molecule has 4 aromatic rings. The quantitative estimate of drug-likeness (QED) is 0.197. The Hall–Kier alpha value is -4.18. The van der Waals surface area contributed by atoms with Crippen LogP contribution in [0.5, 0.6) is 5.75 Å². The highest BCUT2D eigenvalue weighted by molar-refractivity contribution is 5.88. The second-order valence-corrected chi connectivity index (χ2v) is 11.0. The summed E-state index contributed by atoms with van der Waals surface area (Å²) in [5, 5.41) is 0. The zero-order chi connectivity index (χ0) is 27.4. The number of hydrogen-bond donors (Lipinski definition) is 0. The van der Waals surface area contributed by atoms with E-state index in [1.807, 2.05) is 24.3 Å². The summed E-state index contributed by atoms with van der Waals surface area (Å²) in [5.41, 5.74) is 4.75. The van der Waals surface area contributed by atoms with E-state index in [0.717, 1.165) is 36.5 Å². The topological polar surface area (TPSA) is 41.9 Å². The number of ketones is 1. The third-order valence-corrected chi connectivity index (χ3v) is 8.86. The van der Waals surface area contributed by atoms with Crippen molar-refractivity contribution in [2.24, 2.45) is 16.8 Å². The Morgan fingerprint density at radius 3 is 2.10 bits per heavy atom. The van der Waals surface area contributed by atoms with Gasteiger partial charge in [0.2, 0.25) is 0 Å². The number of nitrogens with zero attached hydrogens (tertiary/aromatic N) is 2. The predicted octanol–water partition coefficient (Wildman–Crippen LogP) is 6.73. The summed E-state index contributed by atoms with van der Waals surface area (Å²) >= 11 is 0. The molecule has 4 nitrogen and oxygen atoms in total. The zero-order valence-corrected chi connectivity index (χ0v) is 23.1. The second kappa shape index (κ2) is 11.5. The number of benzene rings is 4. The Labute approximate surface area is 237 Å². The van der Waals surface area contributed by atoms with Crippen molar-refractivity contribution in [2.75, 3.05) is 20.2 Å². The Bertz CT molecular complexity index is 1430. The smallest absolute Gasteiger partial charge is 0.138 e. The molecule has 1 aliphatic heterocycles. The number of amidine groups is 1. The van der Waals surface area contributed by atoms with Crippen LogP contribution in [-0.2, 0) is 23.2 Å². The zero-order valence-electron chi connectivity index (χ0n) is 23.1. The summed E-state index contributed by atoms with van der Waals surface area (Å²) in [4.78, 5) is 21.1. The van der Waals surface area contributed by atoms with Gasteiger partial charge in [0.15, 0.2) is 0 Å². The second-order valence-electron chi connectivity index (χ2n) is 11.0. The Kier molecular flexibility index (Phi) is 7.50. The number of carbonyl (C=O) groups is 1. The number of carbonyl (C=O) groups excluding carboxylic acids is 1. The van der Waals surface area contributed by atoms with E-state index in [1.54, 1.807) is 7.11 Å². The molecular formula is C36H36N2O2. The van der Waals surface area contributed by atoms with Crippen LogP contribution >= 0.6 is 0 Å². The van der Waals surface area contributed by atoms with E-state index >= 15 is 0 Å². The first-order valence-corrected chi connectivity index (χ1v) is 14.3. The molecule has 0 aromatic heterocycles. The van der Waals surface area contributed by atoms with Gasteiger partial charge in [-0.1, -0.05) is 103 Å². The van der Waals surface area contributed by atoms with E-state index in [1.165, 1.54) is 16.7 Å². The van der Waals surface area contributed by atoms with Gasteiger partial charge >= 0.3 is 0 Å². The van der Waals surface area contributed by atoms with Gasteiger partial charge in [0.1, 0.15) is 17.4 Å². The molecule has 2 fully saturated rings. The average Bonchev–Trinajstić information content (AvgIpc) is 3.48. The Morgan fingerprint density at radius 1 is 0.825 bits per heavy atom. The van der Waals surface area contributed by atoms with Crippen LogP contribution in [0.4, 0.5) is 0 Å². The maximum absolute atomic E-state index is 13.5. The maximum atomic E-state index is 13.5. The fourth-order valence-electron chi connectivity index (χ4n) is 6.89. The van der Waals surface area contributed by atoms with Crippen molar-refractivity contribution in [2.45, 2.75) is 31.2 Å². The van der Waals surface area contributed by atoms with E-state index < -0.39 is 0 Å². The standard InChI is InChI=1S/C36H36N2O2/c1-40-31-19-11-14-28(22-31)24-37-35(23-27-12-5-2-6-13-27)38-25-32-33(26-38)36(21-20-34(32)39,29-15-7-3-8-16-29)30-17-9-4-10-18-30/h2-19,22,32-33H,20-21,23-26H2,1H3. The van der Waals surface area contributed by atoms with Gasteiger partial charge in [0.05, 0.1) is 13.7 Å². The molecule has 4 heteroatoms. The van der Waals surface area contributed by atoms with Gasteiger partial charge in [-0.15, -0.1) is 0 Å². The highest BCUT2D eigenvalue weighted by Crippen LogP contribution is 2.52. The number of ether oxygens (including phenoxy) is 1. The van der Waals surface area contributed by atoms with E-state index in [2.05, 4.69) is 95.9 Å². The molecular weight excluding hydrogens is 492 g/mol. The van der Waals surface area contributed by atoms with Crippen LogP contribution in [0.15, 0.2) is 120 Å². The van der Waals surface area contributed by atoms with Gasteiger partial charge < -0.3 is 9.64 Å². The highest BCUT2D eigenvalue weighted by atomic mass is 16.5. The molecule has 0 N–H and O–H groups in total. The van der Waals surface area contributed by atoms with E-state index in [9.17, 15) is 4.79 Å². The lowest BCUT2D eigenvalue weighted by Gasteiger charge is -2.45. The number of methoxy groups -OCH3 is 1. The number of likely N-dealkylation sites (tertiary alicyclic amines) is 1. The van der Waals surface area contributed by atoms with Crippen LogP contribution in [0, 0.1) is 11.8 Å². The molecule has 0 radical (unpaired) electrons. The fraction of sp³-hybridized carbons (Fsp3) is 0.278. The minimum absolute atomic E-state index is 0.0213. The summed E-state index contributed by atoms with van der Waals surface area (Å²) in [5.74, 6) is 2.43. The molecule has 6 rings (SSSR count). The van der Waals surface area contributed by atoms with Crippen LogP contribution in [0.2, 0.25) is 0 Å². The minimum Gasteiger partial charge on any atom is -0.497 e. The van der Waals surface area contributed by atoms with Crippen LogP contribution in [0.1, 0.15) is 35.1 Å². The molecule has 1 saturated heterocycles. The summed E-state index contributed by atoms with van der Waals surface area (Å²) in [7, 11) is 1.69. The van der Waals surface area contributed by atoms with Crippen molar-refractivity contribution in [1.82, 2.24) is 4.90 Å². The molecule has 2 aliphatic rings. The van der Waals surface area contributed by atoms with Crippen molar-refractivity contribution in [3.63, 3.8) is 0 Å². The Morgan fingerprint density at radius 2 is 1.45 bits per heavy atom. The molecule has 4 aromatic carbocycles. The molecule has 0 amide bonds. The van der Waals surface area contributed by atoms with Crippen molar-refractivity contribution in [1.29, 1.82) is 0 Å². The van der Waals surface area contributed by atoms with Gasteiger partial charge in [0, 0.05) is 43.2 Å². The molecule has 1 saturated carbocycles. The van der Waals surface area contributed by atoms with Crippen molar-refractivity contribution >= 4 is 11.6 Å². The molecule has 2 unspecified atom stereocenters. The monoisotopic (exact) mass is 528 g/mol. The Balaban J connectivity index is 1.39. The SMILES string of the molecule is COc1cccc(CN=C(Cc2ccccc2)N2CC3C(=O)CCC(c4ccccc4)(c4ccccc4)C3C2)c1. The predicted molar refractivity (Wildman–Crippen MR) is 161 cm³/mol. The first-order valence-electron chi connectivity index (χ1n) is 14.3. The fourth-order valence-corrected chi connectivity index (χ4v) is 6.89. The lowest BCUT2D eigenvalue weighted by molar-refractivity contribution is -0.126. The molecule has 1 heterocycles. The number of aliphatic imine (C=N–C) groups is 1. The first-order chi connectivity index (χ1) is 19.7. The summed E-state index contributed by atoms with van der Waals surface area (Å²) in [6.45, 7) is 2.10. The summed E-state index contributed by atoms with van der Waals surface area (Å²) in [6, 6.07) is 40.4. The van der Waals surface area contributed by atoms with Gasteiger partial charge in [-0.05, 0) is 40.8 Å². The maximum Gasteiger partial charge on any atom is 0.138 e. The number of fused-ring (bicyclic) bond motifs is 1. The third-order valence-electron chi connectivity index (χ3n) is 8.86. The van der Waals surface area contributed by atoms with Crippen molar-refractivity contribution < 1.29 is 9.53 Å². The molecule has 2 atom stereocenters. The molecule has 1 aliphatic carbocycles. The highest BCUT2D eigenvalue weighted by Gasteiger charge is 2.54. The minimum atomic E-state index is -0.208. The largest absolute Gasteiger partial charge is 0.497 e. The van der Waals surface area contributed by atoms with Gasteiger partial charge in [-0.2, -0.15) is 0 Å². The van der Waals surface area contributed by atoms with Crippen LogP contribution in [-0.4, -0.2) is 36.7 Å². The van der Waals surface area contributed by atoms with E-state index in [-0.39, 0.29) is 17.3 Å². The van der Waals surface area contributed by atoms with E-state index in [4.69, 9.17) is 9.73 Å². The van der Waals surface area contributed by atoms with Crippen LogP contribution in [0.3, 0.4) is 0 Å². The summed E-state index contributed by atoms with van der Waals surface area (Å²) in [6.07, 6.45) is 2.18. The normalized spacial score (nSPS) is 20.3. The molecule has 0 bridgehead atoms. The molecule has 40 heavy (non-hydrogen) atoms. The first kappa shape index (κ1) is 26.1. The van der Waals surface area contributed by atoms with E-state index in [0.29, 0.717) is 25.3 Å². The number of rotatable bonds is 7. The van der Waals surface area contributed by atoms with Gasteiger partial charge in [0.25, 0.3) is 0 Å². The lowest BCUT2D eigenvalue weighted by Crippen LogP contribution is -2.47.